The summed E-state index contributed by atoms with van der Waals surface area (Å²) in [5.41, 5.74) is 1.69. The molecule has 31 heavy (non-hydrogen) atoms. The van der Waals surface area contributed by atoms with Crippen LogP contribution >= 0.6 is 0 Å². The summed E-state index contributed by atoms with van der Waals surface area (Å²) >= 11 is 0. The highest BCUT2D eigenvalue weighted by Crippen LogP contribution is 2.31. The van der Waals surface area contributed by atoms with Crippen LogP contribution in [0.4, 0.5) is 11.4 Å². The van der Waals surface area contributed by atoms with Gasteiger partial charge in [0.1, 0.15) is 5.75 Å². The Balaban J connectivity index is 1.98. The van der Waals surface area contributed by atoms with Crippen LogP contribution in [0.15, 0.2) is 89.5 Å². The number of benzene rings is 3. The largest absolute Gasteiger partial charge is 0.507 e. The predicted molar refractivity (Wildman–Crippen MR) is 122 cm³/mol. The summed E-state index contributed by atoms with van der Waals surface area (Å²) in [4.78, 5) is 13.1. The molecule has 0 aliphatic heterocycles. The number of allylic oxidation sites excluding steroid dienone is 1. The van der Waals surface area contributed by atoms with Crippen molar-refractivity contribution < 1.29 is 18.3 Å². The SMILES string of the molecule is CN/C(C)=C(\C(=O)Nc1ccccc1)c1cc(NS(=O)(=O)c2ccccc2)ccc1O. The molecule has 0 aromatic heterocycles. The average Bonchev–Trinajstić information content (AvgIpc) is 2.77. The Bertz CT molecular complexity index is 1210. The summed E-state index contributed by atoms with van der Waals surface area (Å²) in [6, 6.07) is 21.0. The minimum Gasteiger partial charge on any atom is -0.507 e. The maximum Gasteiger partial charge on any atom is 0.261 e. The molecule has 0 aliphatic rings. The van der Waals surface area contributed by atoms with E-state index in [0.717, 1.165) is 0 Å². The van der Waals surface area contributed by atoms with Gasteiger partial charge in [-0.15, -0.1) is 0 Å². The molecular weight excluding hydrogens is 414 g/mol. The number of hydrogen-bond donors (Lipinski definition) is 4. The lowest BCUT2D eigenvalue weighted by atomic mass is 10.0. The number of hydrogen-bond acceptors (Lipinski definition) is 5. The smallest absolute Gasteiger partial charge is 0.261 e. The topological polar surface area (TPSA) is 108 Å². The van der Waals surface area contributed by atoms with Gasteiger partial charge in [-0.3, -0.25) is 9.52 Å². The number of sulfonamides is 1. The summed E-state index contributed by atoms with van der Waals surface area (Å²) in [5.74, 6) is -0.605. The molecular formula is C23H23N3O4S. The van der Waals surface area contributed by atoms with Crippen LogP contribution in [-0.4, -0.2) is 26.5 Å². The highest BCUT2D eigenvalue weighted by molar-refractivity contribution is 7.92. The van der Waals surface area contributed by atoms with Crippen molar-refractivity contribution in [1.29, 1.82) is 0 Å². The first kappa shape index (κ1) is 21.9. The van der Waals surface area contributed by atoms with Crippen LogP contribution in [0.25, 0.3) is 5.57 Å². The molecule has 3 aromatic carbocycles. The van der Waals surface area contributed by atoms with Crippen molar-refractivity contribution in [3.05, 3.63) is 90.1 Å². The van der Waals surface area contributed by atoms with Gasteiger partial charge in [-0.25, -0.2) is 8.42 Å². The van der Waals surface area contributed by atoms with E-state index in [0.29, 0.717) is 11.4 Å². The van der Waals surface area contributed by atoms with E-state index in [1.807, 2.05) is 6.07 Å². The third-order valence-electron chi connectivity index (χ3n) is 4.58. The number of amides is 1. The molecule has 0 aliphatic carbocycles. The van der Waals surface area contributed by atoms with Crippen molar-refractivity contribution >= 4 is 32.9 Å². The second kappa shape index (κ2) is 9.36. The fourth-order valence-corrected chi connectivity index (χ4v) is 4.02. The number of carbonyl (C=O) groups is 1. The summed E-state index contributed by atoms with van der Waals surface area (Å²) in [5, 5.41) is 16.2. The lowest BCUT2D eigenvalue weighted by molar-refractivity contribution is -0.111. The first-order valence-corrected chi connectivity index (χ1v) is 11.0. The lowest BCUT2D eigenvalue weighted by Crippen LogP contribution is -2.19. The van der Waals surface area contributed by atoms with Crippen molar-refractivity contribution in [1.82, 2.24) is 5.32 Å². The highest BCUT2D eigenvalue weighted by Gasteiger charge is 2.21. The van der Waals surface area contributed by atoms with Crippen molar-refractivity contribution in [2.75, 3.05) is 17.1 Å². The normalized spacial score (nSPS) is 11.9. The minimum absolute atomic E-state index is 0.105. The molecule has 7 nitrogen and oxygen atoms in total. The summed E-state index contributed by atoms with van der Waals surface area (Å²) in [7, 11) is -2.17. The van der Waals surface area contributed by atoms with Crippen LogP contribution in [-0.2, 0) is 14.8 Å². The highest BCUT2D eigenvalue weighted by atomic mass is 32.2. The van der Waals surface area contributed by atoms with Crippen LogP contribution in [0, 0.1) is 0 Å². The zero-order valence-electron chi connectivity index (χ0n) is 17.1. The monoisotopic (exact) mass is 437 g/mol. The number of aromatic hydroxyl groups is 1. The van der Waals surface area contributed by atoms with E-state index >= 15 is 0 Å². The molecule has 0 bridgehead atoms. The molecule has 4 N–H and O–H groups in total. The minimum atomic E-state index is -3.83. The maximum absolute atomic E-state index is 13.0. The summed E-state index contributed by atoms with van der Waals surface area (Å²) in [6.45, 7) is 1.69. The first-order chi connectivity index (χ1) is 14.8. The molecule has 0 spiro atoms. The van der Waals surface area contributed by atoms with Crippen molar-refractivity contribution in [2.45, 2.75) is 11.8 Å². The second-order valence-corrected chi connectivity index (χ2v) is 8.40. The number of rotatable bonds is 7. The van der Waals surface area contributed by atoms with Gasteiger partial charge in [0.15, 0.2) is 0 Å². The fourth-order valence-electron chi connectivity index (χ4n) is 2.95. The van der Waals surface area contributed by atoms with Gasteiger partial charge in [0.25, 0.3) is 15.9 Å². The molecule has 0 saturated heterocycles. The van der Waals surface area contributed by atoms with E-state index in [9.17, 15) is 18.3 Å². The molecule has 0 fully saturated rings. The van der Waals surface area contributed by atoms with Crippen molar-refractivity contribution in [3.8, 4) is 5.75 Å². The molecule has 3 rings (SSSR count). The third-order valence-corrected chi connectivity index (χ3v) is 5.98. The van der Waals surface area contributed by atoms with Crippen LogP contribution in [0.3, 0.4) is 0 Å². The molecule has 0 saturated carbocycles. The lowest BCUT2D eigenvalue weighted by Gasteiger charge is -2.16. The van der Waals surface area contributed by atoms with Gasteiger partial charge in [0, 0.05) is 29.7 Å². The molecule has 0 atom stereocenters. The van der Waals surface area contributed by atoms with E-state index in [-0.39, 0.29) is 27.5 Å². The van der Waals surface area contributed by atoms with Crippen molar-refractivity contribution in [2.24, 2.45) is 0 Å². The Morgan fingerprint density at radius 3 is 2.10 bits per heavy atom. The fraction of sp³-hybridized carbons (Fsp3) is 0.0870. The maximum atomic E-state index is 13.0. The van der Waals surface area contributed by atoms with Crippen LogP contribution in [0.1, 0.15) is 12.5 Å². The number of nitrogens with one attached hydrogen (secondary N) is 3. The van der Waals surface area contributed by atoms with E-state index in [1.165, 1.54) is 30.3 Å². The standard InChI is InChI=1S/C23H23N3O4S/c1-16(24-2)22(23(28)25-17-9-5-3-6-10-17)20-15-18(13-14-21(20)27)26-31(29,30)19-11-7-4-8-12-19/h3-15,24,26-27H,1-2H3,(H,25,28)/b22-16-. The Morgan fingerprint density at radius 2 is 1.48 bits per heavy atom. The summed E-state index contributed by atoms with van der Waals surface area (Å²) in [6.07, 6.45) is 0. The summed E-state index contributed by atoms with van der Waals surface area (Å²) < 4.78 is 27.8. The van der Waals surface area contributed by atoms with Crippen LogP contribution < -0.4 is 15.4 Å². The molecule has 160 valence electrons. The third kappa shape index (κ3) is 5.23. The van der Waals surface area contributed by atoms with E-state index in [1.54, 1.807) is 56.4 Å². The number of anilines is 2. The van der Waals surface area contributed by atoms with Crippen LogP contribution in [0.2, 0.25) is 0 Å². The second-order valence-electron chi connectivity index (χ2n) is 6.72. The zero-order chi connectivity index (χ0) is 22.4. The van der Waals surface area contributed by atoms with Gasteiger partial charge in [-0.05, 0) is 49.4 Å². The van der Waals surface area contributed by atoms with E-state index in [4.69, 9.17) is 0 Å². The van der Waals surface area contributed by atoms with E-state index < -0.39 is 15.9 Å². The zero-order valence-corrected chi connectivity index (χ0v) is 17.9. The number of phenolic OH excluding ortho intramolecular Hbond substituents is 1. The Labute approximate surface area is 181 Å². The van der Waals surface area contributed by atoms with Gasteiger partial charge in [-0.2, -0.15) is 0 Å². The number of para-hydroxylation sites is 1. The average molecular weight is 438 g/mol. The van der Waals surface area contributed by atoms with Gasteiger partial charge in [0.05, 0.1) is 10.5 Å². The van der Waals surface area contributed by atoms with E-state index in [2.05, 4.69) is 15.4 Å². The molecule has 1 amide bonds. The van der Waals surface area contributed by atoms with Crippen molar-refractivity contribution in [3.63, 3.8) is 0 Å². The molecule has 0 unspecified atom stereocenters. The Hall–Kier alpha value is -3.78. The van der Waals surface area contributed by atoms with Gasteiger partial charge < -0.3 is 15.7 Å². The Kier molecular flexibility index (Phi) is 6.61. The van der Waals surface area contributed by atoms with Gasteiger partial charge in [0.2, 0.25) is 0 Å². The van der Waals surface area contributed by atoms with Crippen LogP contribution in [0.5, 0.6) is 5.75 Å². The molecule has 8 heteroatoms. The quantitative estimate of drug-likeness (QED) is 0.332. The predicted octanol–water partition coefficient (Wildman–Crippen LogP) is 3.78. The first-order valence-electron chi connectivity index (χ1n) is 9.48. The van der Waals surface area contributed by atoms with Gasteiger partial charge >= 0.3 is 0 Å². The number of carbonyl (C=O) groups excluding carboxylic acids is 1. The molecule has 0 heterocycles. The number of phenols is 1. The molecule has 3 aromatic rings. The Morgan fingerprint density at radius 1 is 0.871 bits per heavy atom. The van der Waals surface area contributed by atoms with Gasteiger partial charge in [-0.1, -0.05) is 36.4 Å². The molecule has 0 radical (unpaired) electrons.